The van der Waals surface area contributed by atoms with Crippen molar-refractivity contribution in [3.63, 3.8) is 0 Å². The molecule has 0 unspecified atom stereocenters. The highest BCUT2D eigenvalue weighted by Crippen LogP contribution is 2.10. The third-order valence-electron chi connectivity index (χ3n) is 3.61. The number of amides is 1. The van der Waals surface area contributed by atoms with Crippen LogP contribution in [-0.2, 0) is 13.0 Å². The normalized spacial score (nSPS) is 10.7. The summed E-state index contributed by atoms with van der Waals surface area (Å²) in [4.78, 5) is 13.5. The Labute approximate surface area is 139 Å². The van der Waals surface area contributed by atoms with Crippen LogP contribution in [0.1, 0.15) is 26.6 Å². The molecule has 0 radical (unpaired) electrons. The Morgan fingerprint density at radius 1 is 1.22 bits per heavy atom. The van der Waals surface area contributed by atoms with Crippen LogP contribution in [0.4, 0.5) is 0 Å². The molecule has 118 valence electrons. The molecule has 1 N–H and O–H groups in total. The van der Waals surface area contributed by atoms with Gasteiger partial charge in [0.2, 0.25) is 0 Å². The van der Waals surface area contributed by atoms with Crippen molar-refractivity contribution >= 4 is 17.2 Å². The van der Waals surface area contributed by atoms with E-state index in [1.165, 1.54) is 4.88 Å². The first-order chi connectivity index (χ1) is 11.2. The summed E-state index contributed by atoms with van der Waals surface area (Å²) in [6.45, 7) is 3.09. The van der Waals surface area contributed by atoms with Crippen molar-refractivity contribution in [1.29, 1.82) is 0 Å². The van der Waals surface area contributed by atoms with E-state index < -0.39 is 0 Å². The zero-order valence-electron chi connectivity index (χ0n) is 12.9. The van der Waals surface area contributed by atoms with Gasteiger partial charge >= 0.3 is 0 Å². The van der Waals surface area contributed by atoms with E-state index in [2.05, 4.69) is 21.7 Å². The molecule has 5 nitrogen and oxygen atoms in total. The molecule has 1 aromatic carbocycles. The fourth-order valence-electron chi connectivity index (χ4n) is 2.31. The topological polar surface area (TPSA) is 59.8 Å². The lowest BCUT2D eigenvalue weighted by molar-refractivity contribution is 0.0948. The zero-order chi connectivity index (χ0) is 16.1. The summed E-state index contributed by atoms with van der Waals surface area (Å²) in [6.07, 6.45) is 0.834. The average molecular weight is 326 g/mol. The van der Waals surface area contributed by atoms with Crippen LogP contribution < -0.4 is 5.32 Å². The Hall–Kier alpha value is -2.47. The minimum absolute atomic E-state index is 0.168. The van der Waals surface area contributed by atoms with Crippen LogP contribution in [0.2, 0.25) is 0 Å². The maximum Gasteiger partial charge on any atom is 0.273 e. The number of rotatable bonds is 6. The lowest BCUT2D eigenvalue weighted by Crippen LogP contribution is -2.26. The van der Waals surface area contributed by atoms with Gasteiger partial charge in [0.1, 0.15) is 0 Å². The molecule has 0 aliphatic carbocycles. The minimum atomic E-state index is -0.168. The molecule has 23 heavy (non-hydrogen) atoms. The van der Waals surface area contributed by atoms with Crippen molar-refractivity contribution in [2.75, 3.05) is 6.54 Å². The highest BCUT2D eigenvalue weighted by Gasteiger charge is 2.16. The van der Waals surface area contributed by atoms with Gasteiger partial charge in [-0.15, -0.1) is 16.4 Å². The van der Waals surface area contributed by atoms with Gasteiger partial charge in [0.05, 0.1) is 12.2 Å². The lowest BCUT2D eigenvalue weighted by Gasteiger charge is -2.05. The molecule has 0 saturated carbocycles. The number of benzene rings is 1. The first kappa shape index (κ1) is 15.4. The second-order valence-electron chi connectivity index (χ2n) is 5.25. The molecule has 0 aliphatic heterocycles. The SMILES string of the molecule is Cc1c(C(=O)NCCc2cccs2)nnn1Cc1ccccc1. The largest absolute Gasteiger partial charge is 0.350 e. The summed E-state index contributed by atoms with van der Waals surface area (Å²) in [7, 11) is 0. The van der Waals surface area contributed by atoms with Crippen LogP contribution >= 0.6 is 11.3 Å². The fraction of sp³-hybridized carbons (Fsp3) is 0.235. The number of carbonyl (C=O) groups excluding carboxylic acids is 1. The van der Waals surface area contributed by atoms with Crippen molar-refractivity contribution in [2.24, 2.45) is 0 Å². The second kappa shape index (κ2) is 7.19. The monoisotopic (exact) mass is 326 g/mol. The molecule has 3 rings (SSSR count). The molecule has 0 fully saturated rings. The van der Waals surface area contributed by atoms with E-state index in [4.69, 9.17) is 0 Å². The van der Waals surface area contributed by atoms with Crippen LogP contribution in [0.15, 0.2) is 47.8 Å². The van der Waals surface area contributed by atoms with Crippen molar-refractivity contribution in [2.45, 2.75) is 19.9 Å². The maximum atomic E-state index is 12.2. The smallest absolute Gasteiger partial charge is 0.273 e. The third-order valence-corrected chi connectivity index (χ3v) is 4.55. The number of nitrogens with one attached hydrogen (secondary N) is 1. The first-order valence-corrected chi connectivity index (χ1v) is 8.36. The van der Waals surface area contributed by atoms with E-state index in [-0.39, 0.29) is 5.91 Å². The second-order valence-corrected chi connectivity index (χ2v) is 6.28. The number of hydrogen-bond acceptors (Lipinski definition) is 4. The molecule has 2 aromatic heterocycles. The lowest BCUT2D eigenvalue weighted by atomic mass is 10.2. The van der Waals surface area contributed by atoms with Crippen molar-refractivity contribution in [3.8, 4) is 0 Å². The molecule has 2 heterocycles. The van der Waals surface area contributed by atoms with Gasteiger partial charge in [0, 0.05) is 11.4 Å². The molecular formula is C17H18N4OS. The highest BCUT2D eigenvalue weighted by molar-refractivity contribution is 7.09. The van der Waals surface area contributed by atoms with E-state index in [0.717, 1.165) is 17.7 Å². The number of aromatic nitrogens is 3. The van der Waals surface area contributed by atoms with Crippen molar-refractivity contribution < 1.29 is 4.79 Å². The van der Waals surface area contributed by atoms with Crippen molar-refractivity contribution in [3.05, 3.63) is 69.7 Å². The van der Waals surface area contributed by atoms with E-state index >= 15 is 0 Å². The van der Waals surface area contributed by atoms with Gasteiger partial charge in [-0.2, -0.15) is 0 Å². The minimum Gasteiger partial charge on any atom is -0.350 e. The Morgan fingerprint density at radius 2 is 2.04 bits per heavy atom. The molecule has 0 atom stereocenters. The Kier molecular flexibility index (Phi) is 4.83. The molecule has 0 spiro atoms. The maximum absolute atomic E-state index is 12.2. The first-order valence-electron chi connectivity index (χ1n) is 7.48. The average Bonchev–Trinajstić information content (AvgIpc) is 3.19. The molecule has 0 bridgehead atoms. The Balaban J connectivity index is 1.60. The molecule has 3 aromatic rings. The summed E-state index contributed by atoms with van der Waals surface area (Å²) in [5.74, 6) is -0.168. The fourth-order valence-corrected chi connectivity index (χ4v) is 3.02. The Bertz CT molecular complexity index is 765. The molecular weight excluding hydrogens is 308 g/mol. The van der Waals surface area contributed by atoms with E-state index in [1.807, 2.05) is 48.7 Å². The van der Waals surface area contributed by atoms with Gasteiger partial charge in [-0.05, 0) is 30.4 Å². The van der Waals surface area contributed by atoms with E-state index in [9.17, 15) is 4.79 Å². The van der Waals surface area contributed by atoms with Gasteiger partial charge in [-0.1, -0.05) is 41.6 Å². The van der Waals surface area contributed by atoms with E-state index in [0.29, 0.717) is 18.8 Å². The number of nitrogens with zero attached hydrogens (tertiary/aromatic N) is 3. The van der Waals surface area contributed by atoms with Gasteiger partial charge in [-0.25, -0.2) is 4.68 Å². The van der Waals surface area contributed by atoms with Gasteiger partial charge in [0.15, 0.2) is 5.69 Å². The van der Waals surface area contributed by atoms with Gasteiger partial charge in [0.25, 0.3) is 5.91 Å². The van der Waals surface area contributed by atoms with Crippen LogP contribution in [0, 0.1) is 6.92 Å². The summed E-state index contributed by atoms with van der Waals surface area (Å²) in [5, 5.41) is 13.1. The Morgan fingerprint density at radius 3 is 2.78 bits per heavy atom. The van der Waals surface area contributed by atoms with Crippen molar-refractivity contribution in [1.82, 2.24) is 20.3 Å². The third kappa shape index (κ3) is 3.84. The summed E-state index contributed by atoms with van der Waals surface area (Å²) >= 11 is 1.70. The standard InChI is InChI=1S/C17H18N4OS/c1-13-16(17(22)18-10-9-15-8-5-11-23-15)19-20-21(13)12-14-6-3-2-4-7-14/h2-8,11H,9-10,12H2,1H3,(H,18,22). The molecule has 6 heteroatoms. The van der Waals surface area contributed by atoms with Gasteiger partial charge in [-0.3, -0.25) is 4.79 Å². The highest BCUT2D eigenvalue weighted by atomic mass is 32.1. The quantitative estimate of drug-likeness (QED) is 0.757. The predicted molar refractivity (Wildman–Crippen MR) is 90.7 cm³/mol. The number of thiophene rings is 1. The van der Waals surface area contributed by atoms with Crippen LogP contribution in [-0.4, -0.2) is 27.4 Å². The molecule has 0 aliphatic rings. The summed E-state index contributed by atoms with van der Waals surface area (Å²) < 4.78 is 1.75. The summed E-state index contributed by atoms with van der Waals surface area (Å²) in [6, 6.07) is 14.1. The van der Waals surface area contributed by atoms with Crippen LogP contribution in [0.5, 0.6) is 0 Å². The van der Waals surface area contributed by atoms with Crippen LogP contribution in [0.3, 0.4) is 0 Å². The molecule has 0 saturated heterocycles. The number of hydrogen-bond donors (Lipinski definition) is 1. The summed E-state index contributed by atoms with van der Waals surface area (Å²) in [5.41, 5.74) is 2.31. The van der Waals surface area contributed by atoms with Gasteiger partial charge < -0.3 is 5.32 Å². The van der Waals surface area contributed by atoms with E-state index in [1.54, 1.807) is 16.0 Å². The number of carbonyl (C=O) groups is 1. The van der Waals surface area contributed by atoms with Crippen LogP contribution in [0.25, 0.3) is 0 Å². The predicted octanol–water partition coefficient (Wildman–Crippen LogP) is 2.67. The zero-order valence-corrected chi connectivity index (χ0v) is 13.7. The molecule has 1 amide bonds.